The molecule has 5 atom stereocenters. The van der Waals surface area contributed by atoms with Crippen LogP contribution in [0.15, 0.2) is 72.8 Å². The van der Waals surface area contributed by atoms with Crippen LogP contribution in [0.1, 0.15) is 103 Å². The highest BCUT2D eigenvalue weighted by Gasteiger charge is 2.44. The summed E-state index contributed by atoms with van der Waals surface area (Å²) in [6.07, 6.45) is -0.879. The number of phosphoric acid groups is 3. The van der Waals surface area contributed by atoms with Gasteiger partial charge in [0.2, 0.25) is 0 Å². The number of urea groups is 1. The number of benzene rings is 3. The highest BCUT2D eigenvalue weighted by atomic mass is 33.1. The Hall–Kier alpha value is -7.13. The lowest BCUT2D eigenvalue weighted by molar-refractivity contribution is -0.0601. The van der Waals surface area contributed by atoms with E-state index in [0.29, 0.717) is 78.4 Å². The zero-order valence-corrected chi connectivity index (χ0v) is 59.2. The third-order valence-electron chi connectivity index (χ3n) is 14.1. The van der Waals surface area contributed by atoms with E-state index < -0.39 is 90.5 Å². The van der Waals surface area contributed by atoms with E-state index >= 15 is 0 Å². The van der Waals surface area contributed by atoms with Crippen molar-refractivity contribution in [3.05, 3.63) is 113 Å². The highest BCUT2D eigenvalue weighted by molar-refractivity contribution is 8.77. The van der Waals surface area contributed by atoms with E-state index in [4.69, 9.17) is 48.2 Å². The number of carboxylic acids is 1. The molecule has 0 radical (unpaired) electrons. The van der Waals surface area contributed by atoms with Crippen LogP contribution in [0.3, 0.4) is 0 Å². The van der Waals surface area contributed by atoms with E-state index in [-0.39, 0.29) is 80.5 Å². The fraction of sp³-hybridized carbons (Fsp3) is 0.508. The summed E-state index contributed by atoms with van der Waals surface area (Å²) in [6, 6.07) is 11.7. The molecule has 1 aromatic heterocycles. The summed E-state index contributed by atoms with van der Waals surface area (Å²) in [5, 5.41) is 29.2. The number of aromatic nitrogens is 2. The number of alkyl carbamates (subject to hydrolysis) is 1. The maximum Gasteiger partial charge on any atom is 0.490 e. The first kappa shape index (κ1) is 80.8. The van der Waals surface area contributed by atoms with Gasteiger partial charge in [0.25, 0.3) is 11.5 Å². The van der Waals surface area contributed by atoms with Crippen molar-refractivity contribution in [3.8, 4) is 34.3 Å². The van der Waals surface area contributed by atoms with Crippen molar-refractivity contribution >= 4 is 85.7 Å². The molecule has 2 unspecified atom stereocenters. The highest BCUT2D eigenvalue weighted by Crippen LogP contribution is 2.66. The van der Waals surface area contributed by atoms with Crippen LogP contribution in [0.2, 0.25) is 0 Å². The number of carbonyl (C=O) groups is 4. The van der Waals surface area contributed by atoms with Crippen molar-refractivity contribution in [2.45, 2.75) is 96.8 Å². The van der Waals surface area contributed by atoms with Crippen molar-refractivity contribution < 1.29 is 104 Å². The molecule has 2 aliphatic heterocycles. The normalized spacial score (nSPS) is 16.1. The number of H-pyrrole nitrogens is 1. The molecule has 11 N–H and O–H groups in total. The number of carboxylic acid groups (broad SMARTS) is 1. The van der Waals surface area contributed by atoms with Gasteiger partial charge in [-0.05, 0) is 120 Å². The molecule has 0 spiro atoms. The van der Waals surface area contributed by atoms with Gasteiger partial charge in [0.05, 0.1) is 63.2 Å². The first-order valence-electron chi connectivity index (χ1n) is 30.8. The van der Waals surface area contributed by atoms with Crippen molar-refractivity contribution in [1.29, 1.82) is 0 Å². The number of nitrogens with one attached hydrogen (secondary N) is 6. The summed E-state index contributed by atoms with van der Waals surface area (Å²) in [5.41, 5.74) is 11.7. The second-order valence-corrected chi connectivity index (χ2v) is 29.5. The third-order valence-corrected chi connectivity index (χ3v) is 21.0. The topological polar surface area (TPSA) is 493 Å². The Bertz CT molecular complexity index is 4060. The fourth-order valence-corrected chi connectivity index (χ4v) is 14.9. The van der Waals surface area contributed by atoms with Crippen LogP contribution < -0.4 is 43.2 Å². The fourth-order valence-electron chi connectivity index (χ4n) is 9.57. The Morgan fingerprint density at radius 1 is 0.859 bits per heavy atom. The number of fused-ring (bicyclic) bond motifs is 2. The summed E-state index contributed by atoms with van der Waals surface area (Å²) < 4.78 is 87.6. The van der Waals surface area contributed by atoms with E-state index in [1.54, 1.807) is 16.9 Å². The minimum atomic E-state index is -5.84. The molecule has 99 heavy (non-hydrogen) atoms. The van der Waals surface area contributed by atoms with E-state index in [0.717, 1.165) is 45.8 Å². The molecule has 6 rings (SSSR count). The smallest absolute Gasteiger partial charge is 0.478 e. The van der Waals surface area contributed by atoms with Crippen LogP contribution in [0, 0.1) is 25.7 Å². The lowest BCUT2D eigenvalue weighted by atomic mass is 9.88. The molecule has 1 fully saturated rings. The molecule has 4 amide bonds. The maximum atomic E-state index is 13.5. The predicted octanol–water partition coefficient (Wildman–Crippen LogP) is 7.54. The van der Waals surface area contributed by atoms with Gasteiger partial charge in [-0.1, -0.05) is 38.5 Å². The second kappa shape index (κ2) is 39.2. The summed E-state index contributed by atoms with van der Waals surface area (Å²) in [6.45, 7) is 13.7. The van der Waals surface area contributed by atoms with Gasteiger partial charge < -0.3 is 84.1 Å². The standard InChI is InChI=1S/C59H80N11O24P3S2/c1-7-61-45-30-47-43(27-37(45)3)52(44-28-38(4)46(62-8-2)31-48(44)91-47)42-29-39(14-15-41(42)55(73)74)53(71)63-19-23-85-25-26-86-24-20-66-58(77)88-22-16-59(5,6)99-98-36-87-21-11-9-10-17-64-56(75)65-18-12-13-40-33-70(57(76)68-54(40)72)51-32-49(89-35-67-69-60)50(92-51)34-90-96(81,82)94-97(83,84)93-95(78,79)80/h14-15,27-31,33,49-51,61H,7-11,16-26,32,34-36H2,1-6H3,(H,63,71)(H,66,77)(H,73,74)(H,81,82)(H,83,84)(H2,64,65,75)(H,68,72,76)(H2,78,79,80)/t49-,50+,51+/m0/s1. The van der Waals surface area contributed by atoms with Crippen molar-refractivity contribution in [2.24, 2.45) is 10.1 Å². The summed E-state index contributed by atoms with van der Waals surface area (Å²) >= 11 is 0. The Morgan fingerprint density at radius 3 is 2.31 bits per heavy atom. The third kappa shape index (κ3) is 26.7. The number of carbonyl (C=O) groups excluding carboxylic acids is 3. The molecule has 40 heteroatoms. The molecule has 0 bridgehead atoms. The van der Waals surface area contributed by atoms with Crippen LogP contribution in [0.5, 0.6) is 0 Å². The summed E-state index contributed by atoms with van der Waals surface area (Å²) in [5.74, 6) is 4.53. The van der Waals surface area contributed by atoms with Gasteiger partial charge >= 0.3 is 47.3 Å². The molecular formula is C59H80N11O24P3S2. The molecule has 3 heterocycles. The summed E-state index contributed by atoms with van der Waals surface area (Å²) in [7, 11) is -14.0. The largest absolute Gasteiger partial charge is 0.490 e. The molecule has 542 valence electrons. The number of rotatable bonds is 40. The number of phosphoric ester groups is 1. The maximum absolute atomic E-state index is 13.5. The lowest BCUT2D eigenvalue weighted by Crippen LogP contribution is -2.36. The zero-order chi connectivity index (χ0) is 72.3. The molecule has 2 aromatic carbocycles. The van der Waals surface area contributed by atoms with Crippen molar-refractivity contribution in [3.63, 3.8) is 0 Å². The van der Waals surface area contributed by atoms with E-state index in [2.05, 4.69) is 71.6 Å². The average molecular weight is 1480 g/mol. The Balaban J connectivity index is 0.790. The van der Waals surface area contributed by atoms with Crippen LogP contribution >= 0.6 is 45.1 Å². The predicted molar refractivity (Wildman–Crippen MR) is 364 cm³/mol. The number of anilines is 1. The van der Waals surface area contributed by atoms with Gasteiger partial charge in [0.1, 0.15) is 41.9 Å². The molecule has 0 saturated carbocycles. The zero-order valence-electron chi connectivity index (χ0n) is 54.9. The number of hydrogen-bond donors (Lipinski definition) is 11. The van der Waals surface area contributed by atoms with Crippen LogP contribution in [-0.4, -0.2) is 173 Å². The number of aromatic carboxylic acids is 1. The van der Waals surface area contributed by atoms with Crippen LogP contribution in [-0.2, 0) is 55.3 Å². The molecule has 3 aliphatic rings. The quantitative estimate of drug-likeness (QED) is 0.00207. The monoisotopic (exact) mass is 1480 g/mol. The number of hydrogen-bond acceptors (Lipinski definition) is 24. The lowest BCUT2D eigenvalue weighted by Gasteiger charge is -2.22. The SMILES string of the molecule is CCN=c1cc2oc3cc(NCC)c(C)cc3c(-c3cc(C(=O)NCCOCCOCCNC(=O)OCCC(C)(C)SSCOCCCCCNC(=O)NCC#Cc4cn([C@H]5C[C@H](OCN=[N+]=[N-])[C@@H](COP(=O)(O)OP(=O)(O)OP(=O)(O)O)O5)c(=O)[nH]c4=O)ccc3C(=O)O)c-2cc1C. The van der Waals surface area contributed by atoms with E-state index in [1.807, 2.05) is 65.8 Å². The van der Waals surface area contributed by atoms with Gasteiger partial charge in [-0.2, -0.15) is 8.62 Å². The Labute approximate surface area is 575 Å². The number of azide groups is 1. The number of nitrogens with zero attached hydrogens (tertiary/aromatic N) is 5. The van der Waals surface area contributed by atoms with Gasteiger partial charge in [-0.25, -0.2) is 32.9 Å². The first-order valence-corrected chi connectivity index (χ1v) is 37.7. The van der Waals surface area contributed by atoms with Gasteiger partial charge in [-0.3, -0.25) is 28.7 Å². The van der Waals surface area contributed by atoms with Crippen molar-refractivity contribution in [1.82, 2.24) is 30.8 Å². The molecule has 1 saturated heterocycles. The number of ether oxygens (including phenoxy) is 6. The minimum Gasteiger partial charge on any atom is -0.478 e. The van der Waals surface area contributed by atoms with Crippen LogP contribution in [0.25, 0.3) is 43.9 Å². The molecule has 3 aromatic rings. The number of amides is 4. The second-order valence-electron chi connectivity index (χ2n) is 22.1. The number of aryl methyl sites for hydroxylation is 2. The van der Waals surface area contributed by atoms with E-state index in [1.165, 1.54) is 22.9 Å². The first-order chi connectivity index (χ1) is 47.0. The number of aromatic amines is 1. The van der Waals surface area contributed by atoms with Gasteiger partial charge in [0, 0.05) is 102 Å². The summed E-state index contributed by atoms with van der Waals surface area (Å²) in [4.78, 5) is 122. The molecule has 1 aliphatic carbocycles. The minimum absolute atomic E-state index is 0.0254. The van der Waals surface area contributed by atoms with Crippen LogP contribution in [0.4, 0.5) is 15.3 Å². The molecular weight excluding hydrogens is 1400 g/mol. The Kier molecular flexibility index (Phi) is 32.0. The number of unbranched alkanes of at least 4 members (excludes halogenated alkanes) is 2. The van der Waals surface area contributed by atoms with Crippen molar-refractivity contribution in [2.75, 3.05) is 104 Å². The average Bonchev–Trinajstić information content (AvgIpc) is 1.29. The van der Waals surface area contributed by atoms with Gasteiger partial charge in [-0.15, -0.1) is 0 Å². The Morgan fingerprint density at radius 2 is 1.61 bits per heavy atom. The molecule has 35 nitrogen and oxygen atoms in total. The van der Waals surface area contributed by atoms with Gasteiger partial charge in [0.15, 0.2) is 0 Å². The van der Waals surface area contributed by atoms with E-state index in [9.17, 15) is 57.4 Å².